The van der Waals surface area contributed by atoms with Gasteiger partial charge in [-0.3, -0.25) is 0 Å². The molecule has 1 nitrogen and oxygen atoms in total. The summed E-state index contributed by atoms with van der Waals surface area (Å²) in [5.74, 6) is 1.21. The second-order valence-corrected chi connectivity index (χ2v) is 6.84. The third-order valence-corrected chi connectivity index (χ3v) is 4.60. The zero-order valence-electron chi connectivity index (χ0n) is 11.3. The molecule has 0 N–H and O–H groups in total. The number of anilines is 1. The van der Waals surface area contributed by atoms with Gasteiger partial charge < -0.3 is 4.90 Å². The van der Waals surface area contributed by atoms with Gasteiger partial charge in [-0.15, -0.1) is 11.6 Å². The van der Waals surface area contributed by atoms with Crippen molar-refractivity contribution in [2.75, 3.05) is 18.0 Å². The number of halogens is 2. The van der Waals surface area contributed by atoms with Gasteiger partial charge in [-0.2, -0.15) is 0 Å². The van der Waals surface area contributed by atoms with Gasteiger partial charge in [0.1, 0.15) is 0 Å². The molecule has 1 atom stereocenters. The molecule has 1 aromatic rings. The van der Waals surface area contributed by atoms with Crippen LogP contribution >= 0.6 is 23.2 Å². The summed E-state index contributed by atoms with van der Waals surface area (Å²) >= 11 is 12.3. The molecule has 0 aromatic heterocycles. The highest BCUT2D eigenvalue weighted by atomic mass is 35.5. The van der Waals surface area contributed by atoms with Crippen LogP contribution < -0.4 is 4.90 Å². The topological polar surface area (TPSA) is 3.24 Å². The van der Waals surface area contributed by atoms with Crippen molar-refractivity contribution in [3.05, 3.63) is 28.8 Å². The minimum absolute atomic E-state index is 0.369. The predicted octanol–water partition coefficient (Wildman–Crippen LogP) is 4.95. The molecule has 1 heterocycles. The van der Waals surface area contributed by atoms with Crippen LogP contribution in [0.15, 0.2) is 18.2 Å². The summed E-state index contributed by atoms with van der Waals surface area (Å²) in [5.41, 5.74) is 2.65. The van der Waals surface area contributed by atoms with E-state index in [4.69, 9.17) is 23.2 Å². The summed E-state index contributed by atoms with van der Waals surface area (Å²) in [7, 11) is 0. The lowest BCUT2D eigenvalue weighted by Crippen LogP contribution is -2.26. The van der Waals surface area contributed by atoms with E-state index < -0.39 is 0 Å². The molecule has 2 rings (SSSR count). The Labute approximate surface area is 120 Å². The largest absolute Gasteiger partial charge is 0.371 e. The predicted molar refractivity (Wildman–Crippen MR) is 80.8 cm³/mol. The average molecular weight is 286 g/mol. The summed E-state index contributed by atoms with van der Waals surface area (Å²) in [6.45, 7) is 9.17. The third-order valence-electron chi connectivity index (χ3n) is 3.98. The number of nitrogens with zero attached hydrogens (tertiary/aromatic N) is 1. The molecule has 1 fully saturated rings. The summed E-state index contributed by atoms with van der Waals surface area (Å²) in [6.07, 6.45) is 1.25. The van der Waals surface area contributed by atoms with E-state index in [1.807, 2.05) is 12.1 Å². The Morgan fingerprint density at radius 1 is 1.33 bits per heavy atom. The Hall–Kier alpha value is -0.400. The lowest BCUT2D eigenvalue weighted by Gasteiger charge is -2.28. The fourth-order valence-electron chi connectivity index (χ4n) is 2.66. The molecule has 0 bridgehead atoms. The van der Waals surface area contributed by atoms with Gasteiger partial charge in [-0.05, 0) is 29.9 Å². The van der Waals surface area contributed by atoms with E-state index in [1.165, 1.54) is 12.1 Å². The van der Waals surface area contributed by atoms with Crippen molar-refractivity contribution in [2.45, 2.75) is 33.1 Å². The molecule has 1 saturated heterocycles. The molecule has 1 aliphatic heterocycles. The minimum Gasteiger partial charge on any atom is -0.371 e. The highest BCUT2D eigenvalue weighted by Crippen LogP contribution is 2.38. The van der Waals surface area contributed by atoms with Crippen molar-refractivity contribution in [1.82, 2.24) is 0 Å². The number of hydrogen-bond donors (Lipinski definition) is 0. The van der Waals surface area contributed by atoms with E-state index in [2.05, 4.69) is 31.7 Å². The van der Waals surface area contributed by atoms with Crippen LogP contribution in [-0.4, -0.2) is 13.1 Å². The molecule has 0 saturated carbocycles. The molecule has 0 amide bonds. The molecule has 1 aromatic carbocycles. The second kappa shape index (κ2) is 5.30. The Kier molecular flexibility index (Phi) is 4.13. The Morgan fingerprint density at radius 2 is 2.06 bits per heavy atom. The zero-order chi connectivity index (χ0) is 13.3. The van der Waals surface area contributed by atoms with Gasteiger partial charge in [0.2, 0.25) is 0 Å². The molecule has 18 heavy (non-hydrogen) atoms. The first-order chi connectivity index (χ1) is 8.43. The highest BCUT2D eigenvalue weighted by Gasteiger charge is 2.32. The summed E-state index contributed by atoms with van der Waals surface area (Å²) in [4.78, 5) is 2.43. The van der Waals surface area contributed by atoms with Crippen LogP contribution in [-0.2, 0) is 5.88 Å². The van der Waals surface area contributed by atoms with E-state index in [1.54, 1.807) is 0 Å². The SMILES string of the molecule is CC(C)(C)C1CCN(c2cccc(Cl)c2CCl)C1. The lowest BCUT2D eigenvalue weighted by atomic mass is 9.80. The fraction of sp³-hybridized carbons (Fsp3) is 0.600. The number of hydrogen-bond acceptors (Lipinski definition) is 1. The lowest BCUT2D eigenvalue weighted by molar-refractivity contribution is 0.263. The first-order valence-corrected chi connectivity index (χ1v) is 7.43. The van der Waals surface area contributed by atoms with Gasteiger partial charge in [0.05, 0.1) is 5.88 Å². The van der Waals surface area contributed by atoms with E-state index in [0.717, 1.165) is 29.6 Å². The molecule has 0 aliphatic carbocycles. The van der Waals surface area contributed by atoms with Crippen LogP contribution in [0.2, 0.25) is 5.02 Å². The van der Waals surface area contributed by atoms with Gasteiger partial charge >= 0.3 is 0 Å². The molecular formula is C15H21Cl2N. The fourth-order valence-corrected chi connectivity index (χ4v) is 3.25. The molecule has 0 spiro atoms. The van der Waals surface area contributed by atoms with Crippen molar-refractivity contribution in [3.8, 4) is 0 Å². The van der Waals surface area contributed by atoms with Gasteiger partial charge in [-0.25, -0.2) is 0 Å². The smallest absolute Gasteiger partial charge is 0.0509 e. The minimum atomic E-state index is 0.369. The maximum atomic E-state index is 6.22. The first kappa shape index (κ1) is 14.0. The van der Waals surface area contributed by atoms with E-state index in [0.29, 0.717) is 11.3 Å². The van der Waals surface area contributed by atoms with Crippen LogP contribution in [0.3, 0.4) is 0 Å². The van der Waals surface area contributed by atoms with E-state index in [9.17, 15) is 0 Å². The van der Waals surface area contributed by atoms with E-state index in [-0.39, 0.29) is 0 Å². The molecular weight excluding hydrogens is 265 g/mol. The Bertz CT molecular complexity index is 423. The quantitative estimate of drug-likeness (QED) is 0.695. The Balaban J connectivity index is 2.22. The number of benzene rings is 1. The monoisotopic (exact) mass is 285 g/mol. The first-order valence-electron chi connectivity index (χ1n) is 6.52. The van der Waals surface area contributed by atoms with Crippen LogP contribution in [0.4, 0.5) is 5.69 Å². The molecule has 1 unspecified atom stereocenters. The van der Waals surface area contributed by atoms with Crippen LogP contribution in [0.25, 0.3) is 0 Å². The maximum absolute atomic E-state index is 6.22. The van der Waals surface area contributed by atoms with Gasteiger partial charge in [-0.1, -0.05) is 38.4 Å². The second-order valence-electron chi connectivity index (χ2n) is 6.17. The molecule has 3 heteroatoms. The van der Waals surface area contributed by atoms with Crippen LogP contribution in [0.5, 0.6) is 0 Å². The molecule has 0 radical (unpaired) electrons. The third kappa shape index (κ3) is 2.78. The van der Waals surface area contributed by atoms with Crippen molar-refractivity contribution in [3.63, 3.8) is 0 Å². The number of rotatable bonds is 2. The summed E-state index contributed by atoms with van der Waals surface area (Å²) < 4.78 is 0. The normalized spacial score (nSPS) is 20.5. The molecule has 1 aliphatic rings. The highest BCUT2D eigenvalue weighted by molar-refractivity contribution is 6.32. The van der Waals surface area contributed by atoms with Crippen molar-refractivity contribution in [2.24, 2.45) is 11.3 Å². The molecule has 100 valence electrons. The Morgan fingerprint density at radius 3 is 2.61 bits per heavy atom. The number of alkyl halides is 1. The zero-order valence-corrected chi connectivity index (χ0v) is 12.9. The average Bonchev–Trinajstić information content (AvgIpc) is 2.77. The van der Waals surface area contributed by atoms with E-state index >= 15 is 0 Å². The van der Waals surface area contributed by atoms with Gasteiger partial charge in [0.15, 0.2) is 0 Å². The maximum Gasteiger partial charge on any atom is 0.0509 e. The van der Waals surface area contributed by atoms with Crippen molar-refractivity contribution in [1.29, 1.82) is 0 Å². The van der Waals surface area contributed by atoms with Crippen molar-refractivity contribution >= 4 is 28.9 Å². The van der Waals surface area contributed by atoms with Crippen molar-refractivity contribution < 1.29 is 0 Å². The van der Waals surface area contributed by atoms with Gasteiger partial charge in [0, 0.05) is 29.4 Å². The van der Waals surface area contributed by atoms with Crippen LogP contribution in [0, 0.1) is 11.3 Å². The summed E-state index contributed by atoms with van der Waals surface area (Å²) in [5, 5.41) is 0.779. The summed E-state index contributed by atoms with van der Waals surface area (Å²) in [6, 6.07) is 6.06. The van der Waals surface area contributed by atoms with Gasteiger partial charge in [0.25, 0.3) is 0 Å². The standard InChI is InChI=1S/C15H21Cl2N/c1-15(2,3)11-7-8-18(10-11)14-6-4-5-13(17)12(14)9-16/h4-6,11H,7-10H2,1-3H3. The van der Waals surface area contributed by atoms with Crippen LogP contribution in [0.1, 0.15) is 32.8 Å².